The monoisotopic (exact) mass is 717 g/mol. The molecule has 0 aliphatic heterocycles. The van der Waals surface area contributed by atoms with E-state index in [1.165, 1.54) is 43.7 Å². The molecule has 0 spiro atoms. The Morgan fingerprint density at radius 1 is 0.304 bits per heavy atom. The molecule has 0 saturated heterocycles. The van der Waals surface area contributed by atoms with E-state index in [1.807, 2.05) is 36.4 Å². The van der Waals surface area contributed by atoms with Crippen LogP contribution in [-0.4, -0.2) is 34.1 Å². The lowest BCUT2D eigenvalue weighted by Crippen LogP contribution is -2.02. The summed E-state index contributed by atoms with van der Waals surface area (Å²) in [4.78, 5) is 23.5. The van der Waals surface area contributed by atoms with Gasteiger partial charge in [0.1, 0.15) is 11.4 Å². The van der Waals surface area contributed by atoms with Crippen molar-refractivity contribution in [2.75, 3.05) is 0 Å². The van der Waals surface area contributed by atoms with Crippen molar-refractivity contribution in [3.63, 3.8) is 0 Å². The Bertz CT molecular complexity index is 3170. The van der Waals surface area contributed by atoms with E-state index >= 15 is 0 Å². The zero-order chi connectivity index (χ0) is 37.0. The lowest BCUT2D eigenvalue weighted by Gasteiger charge is -2.11. The van der Waals surface area contributed by atoms with Gasteiger partial charge in [0, 0.05) is 50.9 Å². The summed E-state index contributed by atoms with van der Waals surface area (Å²) in [5.41, 5.74) is 11.5. The van der Waals surface area contributed by atoms with Gasteiger partial charge in [-0.25, -0.2) is 15.0 Å². The summed E-state index contributed by atoms with van der Waals surface area (Å²) < 4.78 is 4.69. The van der Waals surface area contributed by atoms with Crippen LogP contribution in [0.25, 0.3) is 101 Å². The molecular formula is C49H31N7. The molecule has 5 aromatic heterocycles. The van der Waals surface area contributed by atoms with E-state index in [0.717, 1.165) is 28.0 Å². The van der Waals surface area contributed by atoms with Gasteiger partial charge in [-0.05, 0) is 108 Å². The first kappa shape index (κ1) is 31.7. The second-order valence-electron chi connectivity index (χ2n) is 13.8. The van der Waals surface area contributed by atoms with Crippen LogP contribution < -0.4 is 0 Å². The van der Waals surface area contributed by atoms with Crippen LogP contribution in [0.15, 0.2) is 188 Å². The Hall–Kier alpha value is -7.77. The topological polar surface area (TPSA) is 74.3 Å². The molecule has 7 heteroatoms. The van der Waals surface area contributed by atoms with Crippen LogP contribution in [0, 0.1) is 0 Å². The lowest BCUT2D eigenvalue weighted by molar-refractivity contribution is 1.04. The molecule has 7 nitrogen and oxygen atoms in total. The first-order chi connectivity index (χ1) is 27.8. The predicted molar refractivity (Wildman–Crippen MR) is 226 cm³/mol. The Kier molecular flexibility index (Phi) is 7.35. The number of fused-ring (bicyclic) bond motifs is 6. The van der Waals surface area contributed by atoms with E-state index in [-0.39, 0.29) is 0 Å². The average molecular weight is 718 g/mol. The third-order valence-corrected chi connectivity index (χ3v) is 10.5. The summed E-state index contributed by atoms with van der Waals surface area (Å²) in [6, 6.07) is 61.4. The lowest BCUT2D eigenvalue weighted by atomic mass is 10.0. The molecule has 6 aromatic carbocycles. The van der Waals surface area contributed by atoms with Crippen LogP contribution >= 0.6 is 0 Å². The molecule has 0 saturated carbocycles. The quantitative estimate of drug-likeness (QED) is 0.171. The fourth-order valence-electron chi connectivity index (χ4n) is 7.92. The van der Waals surface area contributed by atoms with E-state index in [1.54, 1.807) is 12.4 Å². The van der Waals surface area contributed by atoms with Gasteiger partial charge in [-0.3, -0.25) is 9.97 Å². The molecule has 0 aliphatic carbocycles. The SMILES string of the molecule is c1ccc(-n2c3ccccc3c3cc(-c4ccc5c(c4)c4ccccc4n5-c4ccc(-c5nc(-c6ccccn6)nc(-c6ccccn6)n5)cc4)ccc32)cc1. The summed E-state index contributed by atoms with van der Waals surface area (Å²) in [6.45, 7) is 0. The summed E-state index contributed by atoms with van der Waals surface area (Å²) >= 11 is 0. The minimum Gasteiger partial charge on any atom is -0.309 e. The second-order valence-corrected chi connectivity index (χ2v) is 13.8. The van der Waals surface area contributed by atoms with E-state index in [4.69, 9.17) is 15.0 Å². The van der Waals surface area contributed by atoms with Crippen molar-refractivity contribution in [2.24, 2.45) is 0 Å². The molecule has 0 fully saturated rings. The van der Waals surface area contributed by atoms with Gasteiger partial charge in [0.25, 0.3) is 0 Å². The van der Waals surface area contributed by atoms with Crippen LogP contribution in [0.4, 0.5) is 0 Å². The summed E-state index contributed by atoms with van der Waals surface area (Å²) in [5.74, 6) is 1.56. The molecule has 11 rings (SSSR count). The number of pyridine rings is 2. The zero-order valence-electron chi connectivity index (χ0n) is 30.0. The van der Waals surface area contributed by atoms with Crippen molar-refractivity contribution in [2.45, 2.75) is 0 Å². The molecule has 262 valence electrons. The third kappa shape index (κ3) is 5.25. The van der Waals surface area contributed by atoms with Crippen molar-refractivity contribution in [3.8, 4) is 56.9 Å². The highest BCUT2D eigenvalue weighted by atomic mass is 15.1. The van der Waals surface area contributed by atoms with Gasteiger partial charge < -0.3 is 9.13 Å². The number of benzene rings is 6. The van der Waals surface area contributed by atoms with Crippen molar-refractivity contribution < 1.29 is 0 Å². The highest BCUT2D eigenvalue weighted by Gasteiger charge is 2.17. The maximum Gasteiger partial charge on any atom is 0.182 e. The maximum absolute atomic E-state index is 4.86. The Balaban J connectivity index is 1.01. The molecule has 0 N–H and O–H groups in total. The Morgan fingerprint density at radius 2 is 0.732 bits per heavy atom. The van der Waals surface area contributed by atoms with Gasteiger partial charge in [0.05, 0.1) is 22.1 Å². The van der Waals surface area contributed by atoms with Crippen LogP contribution in [0.2, 0.25) is 0 Å². The first-order valence-corrected chi connectivity index (χ1v) is 18.6. The molecule has 0 radical (unpaired) electrons. The van der Waals surface area contributed by atoms with Gasteiger partial charge in [0.15, 0.2) is 17.5 Å². The number of nitrogens with zero attached hydrogens (tertiary/aromatic N) is 7. The highest BCUT2D eigenvalue weighted by molar-refractivity contribution is 6.12. The van der Waals surface area contributed by atoms with Crippen molar-refractivity contribution in [1.82, 2.24) is 34.1 Å². The number of aromatic nitrogens is 7. The molecular weight excluding hydrogens is 687 g/mol. The zero-order valence-corrected chi connectivity index (χ0v) is 30.0. The third-order valence-electron chi connectivity index (χ3n) is 10.5. The first-order valence-electron chi connectivity index (χ1n) is 18.6. The number of rotatable bonds is 6. The number of hydrogen-bond acceptors (Lipinski definition) is 5. The fraction of sp³-hybridized carbons (Fsp3) is 0. The minimum atomic E-state index is 0.500. The van der Waals surface area contributed by atoms with Crippen LogP contribution in [0.5, 0.6) is 0 Å². The van der Waals surface area contributed by atoms with Gasteiger partial charge in [0.2, 0.25) is 0 Å². The molecule has 0 atom stereocenters. The molecule has 11 aromatic rings. The number of hydrogen-bond donors (Lipinski definition) is 0. The van der Waals surface area contributed by atoms with Crippen molar-refractivity contribution in [3.05, 3.63) is 188 Å². The predicted octanol–water partition coefficient (Wildman–Crippen LogP) is 11.5. The van der Waals surface area contributed by atoms with Gasteiger partial charge in [-0.1, -0.05) is 78.9 Å². The summed E-state index contributed by atoms with van der Waals surface area (Å²) in [6.07, 6.45) is 3.49. The summed E-state index contributed by atoms with van der Waals surface area (Å²) in [5, 5.41) is 4.88. The fourth-order valence-corrected chi connectivity index (χ4v) is 7.92. The molecule has 0 aliphatic rings. The summed E-state index contributed by atoms with van der Waals surface area (Å²) in [7, 11) is 0. The van der Waals surface area contributed by atoms with E-state index < -0.39 is 0 Å². The van der Waals surface area contributed by atoms with Gasteiger partial charge in [-0.2, -0.15) is 0 Å². The largest absolute Gasteiger partial charge is 0.309 e. The van der Waals surface area contributed by atoms with Crippen molar-refractivity contribution in [1.29, 1.82) is 0 Å². The standard InChI is InChI=1S/C49H31N7/c1-2-12-35(13-3-1)55-43-18-6-4-14-37(43)39-30-33(22-26-45(39)55)34-23-27-46-40(31-34)38-15-5-7-19-44(38)56(46)36-24-20-32(21-25-36)47-52-48(41-16-8-10-28-50-41)54-49(53-47)42-17-9-11-29-51-42/h1-31H. The van der Waals surface area contributed by atoms with E-state index in [2.05, 4.69) is 159 Å². The van der Waals surface area contributed by atoms with Gasteiger partial charge in [-0.15, -0.1) is 0 Å². The Labute approximate surface area is 321 Å². The smallest absolute Gasteiger partial charge is 0.182 e. The minimum absolute atomic E-state index is 0.500. The van der Waals surface area contributed by atoms with E-state index in [9.17, 15) is 0 Å². The average Bonchev–Trinajstić information content (AvgIpc) is 3.79. The van der Waals surface area contributed by atoms with Crippen LogP contribution in [-0.2, 0) is 0 Å². The molecule has 5 heterocycles. The van der Waals surface area contributed by atoms with E-state index in [0.29, 0.717) is 28.9 Å². The van der Waals surface area contributed by atoms with Crippen LogP contribution in [0.3, 0.4) is 0 Å². The molecule has 0 unspecified atom stereocenters. The molecule has 0 bridgehead atoms. The Morgan fingerprint density at radius 3 is 1.25 bits per heavy atom. The second kappa shape index (κ2) is 13.0. The molecule has 56 heavy (non-hydrogen) atoms. The van der Waals surface area contributed by atoms with Crippen molar-refractivity contribution >= 4 is 43.6 Å². The normalized spacial score (nSPS) is 11.6. The molecule has 0 amide bonds. The maximum atomic E-state index is 4.86. The van der Waals surface area contributed by atoms with Gasteiger partial charge >= 0.3 is 0 Å². The highest BCUT2D eigenvalue weighted by Crippen LogP contribution is 2.38. The van der Waals surface area contributed by atoms with Crippen LogP contribution in [0.1, 0.15) is 0 Å². The number of para-hydroxylation sites is 3.